The van der Waals surface area contributed by atoms with Crippen LogP contribution in [0.5, 0.6) is 5.75 Å². The van der Waals surface area contributed by atoms with Gasteiger partial charge in [0.25, 0.3) is 5.91 Å². The number of piperazine rings is 1. The van der Waals surface area contributed by atoms with E-state index in [1.807, 2.05) is 24.0 Å². The number of hydrogen-bond acceptors (Lipinski definition) is 6. The first kappa shape index (κ1) is 16.3. The molecule has 3 rings (SSSR count). The summed E-state index contributed by atoms with van der Waals surface area (Å²) in [6, 6.07) is 3.83. The fourth-order valence-corrected chi connectivity index (χ4v) is 2.77. The van der Waals surface area contributed by atoms with Crippen LogP contribution in [0.3, 0.4) is 0 Å². The minimum absolute atomic E-state index is 0.0571. The van der Waals surface area contributed by atoms with Crippen molar-refractivity contribution in [3.63, 3.8) is 0 Å². The average Bonchev–Trinajstić information content (AvgIpc) is 3.02. The number of methoxy groups -OCH3 is 1. The van der Waals surface area contributed by atoms with Crippen molar-refractivity contribution in [3.8, 4) is 5.75 Å². The molecule has 0 unspecified atom stereocenters. The zero-order valence-corrected chi connectivity index (χ0v) is 14.3. The number of nitrogens with zero attached hydrogens (tertiary/aromatic N) is 4. The average molecular weight is 330 g/mol. The molecule has 0 bridgehead atoms. The molecule has 0 aliphatic carbocycles. The van der Waals surface area contributed by atoms with Crippen LogP contribution in [0.25, 0.3) is 0 Å². The van der Waals surface area contributed by atoms with Crippen LogP contribution in [0, 0.1) is 6.92 Å². The van der Waals surface area contributed by atoms with E-state index < -0.39 is 0 Å². The molecule has 1 aliphatic heterocycles. The largest absolute Gasteiger partial charge is 0.495 e. The van der Waals surface area contributed by atoms with E-state index in [1.54, 1.807) is 20.2 Å². The Morgan fingerprint density at radius 2 is 2.04 bits per heavy atom. The van der Waals surface area contributed by atoms with Crippen LogP contribution in [0.1, 0.15) is 29.1 Å². The Hall–Kier alpha value is -2.57. The van der Waals surface area contributed by atoms with Crippen molar-refractivity contribution in [2.24, 2.45) is 0 Å². The molecule has 0 spiro atoms. The van der Waals surface area contributed by atoms with Gasteiger partial charge in [-0.15, -0.1) is 0 Å². The van der Waals surface area contributed by atoms with E-state index in [-0.39, 0.29) is 5.91 Å². The first-order valence-electron chi connectivity index (χ1n) is 8.13. The zero-order chi connectivity index (χ0) is 17.1. The van der Waals surface area contributed by atoms with Crippen molar-refractivity contribution in [1.29, 1.82) is 0 Å². The summed E-state index contributed by atoms with van der Waals surface area (Å²) in [5, 5.41) is 0. The lowest BCUT2D eigenvalue weighted by molar-refractivity contribution is 0.0739. The lowest BCUT2D eigenvalue weighted by atomic mass is 10.2. The smallest absolute Gasteiger partial charge is 0.276 e. The number of aromatic nitrogens is 2. The quantitative estimate of drug-likeness (QED) is 0.853. The van der Waals surface area contributed by atoms with Gasteiger partial charge in [0.15, 0.2) is 11.6 Å². The minimum Gasteiger partial charge on any atom is -0.495 e. The summed E-state index contributed by atoms with van der Waals surface area (Å²) >= 11 is 0. The highest BCUT2D eigenvalue weighted by Crippen LogP contribution is 2.19. The monoisotopic (exact) mass is 330 g/mol. The summed E-state index contributed by atoms with van der Waals surface area (Å²) < 4.78 is 10.6. The Kier molecular flexibility index (Phi) is 4.69. The van der Waals surface area contributed by atoms with Gasteiger partial charge in [0, 0.05) is 32.6 Å². The van der Waals surface area contributed by atoms with Crippen LogP contribution >= 0.6 is 0 Å². The summed E-state index contributed by atoms with van der Waals surface area (Å²) in [4.78, 5) is 25.3. The summed E-state index contributed by atoms with van der Waals surface area (Å²) in [6.45, 7) is 6.50. The second-order valence-electron chi connectivity index (χ2n) is 5.70. The van der Waals surface area contributed by atoms with Gasteiger partial charge in [-0.05, 0) is 19.1 Å². The third-order valence-corrected chi connectivity index (χ3v) is 4.19. The molecule has 0 aromatic carbocycles. The van der Waals surface area contributed by atoms with Gasteiger partial charge in [-0.2, -0.15) is 0 Å². The SMILES string of the molecule is CCc1nc(C(=O)N2CCN(c3ccc(OC)cn3)CC2)c(C)o1. The van der Waals surface area contributed by atoms with Crippen molar-refractivity contribution in [1.82, 2.24) is 14.9 Å². The number of carbonyl (C=O) groups excluding carboxylic acids is 1. The van der Waals surface area contributed by atoms with E-state index in [2.05, 4.69) is 14.9 Å². The van der Waals surface area contributed by atoms with Crippen LogP contribution in [-0.2, 0) is 6.42 Å². The van der Waals surface area contributed by atoms with Gasteiger partial charge in [-0.1, -0.05) is 6.92 Å². The molecule has 3 heterocycles. The molecule has 1 fully saturated rings. The van der Waals surface area contributed by atoms with Crippen molar-refractivity contribution in [3.05, 3.63) is 35.7 Å². The highest BCUT2D eigenvalue weighted by molar-refractivity contribution is 5.93. The van der Waals surface area contributed by atoms with Crippen LogP contribution in [0.15, 0.2) is 22.7 Å². The number of amides is 1. The molecule has 2 aromatic rings. The van der Waals surface area contributed by atoms with Crippen LogP contribution in [-0.4, -0.2) is 54.1 Å². The molecular weight excluding hydrogens is 308 g/mol. The lowest BCUT2D eigenvalue weighted by Crippen LogP contribution is -2.49. The Balaban J connectivity index is 1.63. The number of hydrogen-bond donors (Lipinski definition) is 0. The van der Waals surface area contributed by atoms with Gasteiger partial charge >= 0.3 is 0 Å². The zero-order valence-electron chi connectivity index (χ0n) is 14.3. The van der Waals surface area contributed by atoms with Crippen molar-refractivity contribution < 1.29 is 13.9 Å². The third kappa shape index (κ3) is 3.20. The van der Waals surface area contributed by atoms with Crippen LogP contribution in [0.2, 0.25) is 0 Å². The third-order valence-electron chi connectivity index (χ3n) is 4.19. The summed E-state index contributed by atoms with van der Waals surface area (Å²) in [6.07, 6.45) is 2.39. The highest BCUT2D eigenvalue weighted by atomic mass is 16.5. The molecule has 0 saturated carbocycles. The number of rotatable bonds is 4. The maximum atomic E-state index is 12.6. The second kappa shape index (κ2) is 6.90. The first-order valence-corrected chi connectivity index (χ1v) is 8.13. The fraction of sp³-hybridized carbons (Fsp3) is 0.471. The Morgan fingerprint density at radius 3 is 2.58 bits per heavy atom. The number of oxazole rings is 1. The predicted molar refractivity (Wildman–Crippen MR) is 89.5 cm³/mol. The molecule has 0 radical (unpaired) electrons. The maximum absolute atomic E-state index is 12.6. The van der Waals surface area contributed by atoms with Crippen molar-refractivity contribution in [2.75, 3.05) is 38.2 Å². The van der Waals surface area contributed by atoms with Gasteiger partial charge < -0.3 is 19.0 Å². The maximum Gasteiger partial charge on any atom is 0.276 e. The molecule has 2 aromatic heterocycles. The van der Waals surface area contributed by atoms with E-state index in [0.717, 1.165) is 24.7 Å². The fourth-order valence-electron chi connectivity index (χ4n) is 2.77. The normalized spacial score (nSPS) is 14.8. The Morgan fingerprint density at radius 1 is 1.29 bits per heavy atom. The molecule has 7 nitrogen and oxygen atoms in total. The van der Waals surface area contributed by atoms with Gasteiger partial charge in [0.1, 0.15) is 17.3 Å². The van der Waals surface area contributed by atoms with Gasteiger partial charge in [0.2, 0.25) is 0 Å². The summed E-state index contributed by atoms with van der Waals surface area (Å²) in [7, 11) is 1.62. The number of ether oxygens (including phenoxy) is 1. The predicted octanol–water partition coefficient (Wildman–Crippen LogP) is 1.91. The van der Waals surface area contributed by atoms with Gasteiger partial charge in [-0.25, -0.2) is 9.97 Å². The highest BCUT2D eigenvalue weighted by Gasteiger charge is 2.26. The molecule has 24 heavy (non-hydrogen) atoms. The standard InChI is InChI=1S/C17H22N4O3/c1-4-15-19-16(12(2)24-15)17(22)21-9-7-20(8-10-21)14-6-5-13(23-3)11-18-14/h5-6,11H,4,7-10H2,1-3H3. The van der Waals surface area contributed by atoms with Crippen molar-refractivity contribution >= 4 is 11.7 Å². The number of anilines is 1. The molecule has 1 aliphatic rings. The molecule has 128 valence electrons. The van der Waals surface area contributed by atoms with E-state index in [1.165, 1.54) is 0 Å². The van der Waals surface area contributed by atoms with Crippen LogP contribution in [0.4, 0.5) is 5.82 Å². The van der Waals surface area contributed by atoms with E-state index in [0.29, 0.717) is 36.9 Å². The number of pyridine rings is 1. The minimum atomic E-state index is -0.0571. The number of carbonyl (C=O) groups is 1. The van der Waals surface area contributed by atoms with E-state index in [4.69, 9.17) is 9.15 Å². The molecular formula is C17H22N4O3. The lowest BCUT2D eigenvalue weighted by Gasteiger charge is -2.35. The second-order valence-corrected chi connectivity index (χ2v) is 5.70. The summed E-state index contributed by atoms with van der Waals surface area (Å²) in [5.41, 5.74) is 0.433. The number of aryl methyl sites for hydroxylation is 2. The molecule has 7 heteroatoms. The van der Waals surface area contributed by atoms with Crippen LogP contribution < -0.4 is 9.64 Å². The molecule has 1 amide bonds. The van der Waals surface area contributed by atoms with Gasteiger partial charge in [0.05, 0.1) is 13.3 Å². The Labute approximate surface area is 141 Å². The topological polar surface area (TPSA) is 71.7 Å². The molecule has 0 N–H and O–H groups in total. The van der Waals surface area contributed by atoms with Crippen molar-refractivity contribution in [2.45, 2.75) is 20.3 Å². The van der Waals surface area contributed by atoms with Gasteiger partial charge in [-0.3, -0.25) is 4.79 Å². The van der Waals surface area contributed by atoms with E-state index in [9.17, 15) is 4.79 Å². The Bertz CT molecular complexity index is 703. The molecule has 0 atom stereocenters. The molecule has 1 saturated heterocycles. The first-order chi connectivity index (χ1) is 11.6. The summed E-state index contributed by atoms with van der Waals surface area (Å²) in [5.74, 6) is 2.78. The van der Waals surface area contributed by atoms with E-state index >= 15 is 0 Å².